The molecule has 1 aliphatic heterocycles. The van der Waals surface area contributed by atoms with Crippen molar-refractivity contribution in [2.75, 3.05) is 37.3 Å². The number of thioether (sulfide) groups is 1. The molecule has 5 rings (SSSR count). The van der Waals surface area contributed by atoms with Crippen LogP contribution in [-0.4, -0.2) is 62.4 Å². The van der Waals surface area contributed by atoms with E-state index in [0.29, 0.717) is 48.9 Å². The Balaban J connectivity index is 1.53. The zero-order valence-corrected chi connectivity index (χ0v) is 21.5. The van der Waals surface area contributed by atoms with Gasteiger partial charge < -0.3 is 9.80 Å². The minimum Gasteiger partial charge on any atom is -0.352 e. The summed E-state index contributed by atoms with van der Waals surface area (Å²) in [5.41, 5.74) is 1.69. The molecule has 0 N–H and O–H groups in total. The van der Waals surface area contributed by atoms with Crippen LogP contribution < -0.4 is 10.5 Å². The number of halogens is 2. The predicted molar refractivity (Wildman–Crippen MR) is 138 cm³/mol. The number of nitrogens with zero attached hydrogens (tertiary/aromatic N) is 5. The minimum absolute atomic E-state index is 0.215. The first kappa shape index (κ1) is 24.1. The van der Waals surface area contributed by atoms with Gasteiger partial charge in [-0.25, -0.2) is 14.4 Å². The van der Waals surface area contributed by atoms with Gasteiger partial charge in [-0.3, -0.25) is 14.0 Å². The summed E-state index contributed by atoms with van der Waals surface area (Å²) in [5.74, 6) is 0.233. The number of hydrogen-bond acceptors (Lipinski definition) is 6. The first-order valence-electron chi connectivity index (χ1n) is 11.7. The zero-order valence-electron chi connectivity index (χ0n) is 20.0. The van der Waals surface area contributed by atoms with Crippen molar-refractivity contribution in [1.29, 1.82) is 0 Å². The Labute approximate surface area is 212 Å². The quantitative estimate of drug-likeness (QED) is 0.521. The number of fused-ring (bicyclic) bond motifs is 1. The van der Waals surface area contributed by atoms with Gasteiger partial charge in [-0.1, -0.05) is 11.6 Å². The normalized spacial score (nSPS) is 17.5. The van der Waals surface area contributed by atoms with E-state index >= 15 is 0 Å². The highest BCUT2D eigenvalue weighted by Crippen LogP contribution is 2.44. The Morgan fingerprint density at radius 1 is 1.14 bits per heavy atom. The lowest BCUT2D eigenvalue weighted by Gasteiger charge is -2.44. The van der Waals surface area contributed by atoms with Gasteiger partial charge in [-0.15, -0.1) is 11.8 Å². The molecule has 184 valence electrons. The number of hydrogen-bond donors (Lipinski definition) is 0. The highest BCUT2D eigenvalue weighted by molar-refractivity contribution is 8.00. The molecule has 10 heteroatoms. The second-order valence-electron chi connectivity index (χ2n) is 9.22. The number of piperazine rings is 1. The number of amides is 1. The van der Waals surface area contributed by atoms with Crippen LogP contribution in [0.3, 0.4) is 0 Å². The summed E-state index contributed by atoms with van der Waals surface area (Å²) >= 11 is 7.63. The fourth-order valence-electron chi connectivity index (χ4n) is 4.77. The molecule has 1 aliphatic carbocycles. The van der Waals surface area contributed by atoms with E-state index in [1.807, 2.05) is 16.1 Å². The van der Waals surface area contributed by atoms with E-state index in [-0.39, 0.29) is 32.5 Å². The molecule has 35 heavy (non-hydrogen) atoms. The summed E-state index contributed by atoms with van der Waals surface area (Å²) in [6.45, 7) is 5.78. The monoisotopic (exact) mass is 515 g/mol. The molecule has 1 aromatic carbocycles. The number of aryl methyl sites for hydroxylation is 1. The van der Waals surface area contributed by atoms with Crippen LogP contribution in [0.15, 0.2) is 29.2 Å². The zero-order chi connectivity index (χ0) is 24.9. The Bertz CT molecular complexity index is 1380. The van der Waals surface area contributed by atoms with Gasteiger partial charge in [0, 0.05) is 48.0 Å². The Morgan fingerprint density at radius 3 is 2.46 bits per heavy atom. The van der Waals surface area contributed by atoms with Crippen LogP contribution in [0.5, 0.6) is 0 Å². The molecule has 2 aliphatic rings. The third-order valence-electron chi connectivity index (χ3n) is 7.29. The van der Waals surface area contributed by atoms with Gasteiger partial charge in [0.15, 0.2) is 5.65 Å². The van der Waals surface area contributed by atoms with Crippen molar-refractivity contribution < 1.29 is 9.18 Å². The summed E-state index contributed by atoms with van der Waals surface area (Å²) < 4.78 is 16.1. The summed E-state index contributed by atoms with van der Waals surface area (Å²) in [5, 5.41) is 0.277. The first-order chi connectivity index (χ1) is 16.7. The average Bonchev–Trinajstić information content (AvgIpc) is 2.82. The third kappa shape index (κ3) is 4.08. The molecule has 1 saturated carbocycles. The molecule has 3 aromatic rings. The Morgan fingerprint density at radius 2 is 1.86 bits per heavy atom. The summed E-state index contributed by atoms with van der Waals surface area (Å²) in [4.78, 5) is 39.6. The standard InChI is InChI=1S/C25H27ClFN5O2S/c1-15-16(2)28-22-21(18-6-5-17(26)13-19(18)27)29-20(14-32(22)23(15)33)30-9-11-31(12-10-30)24(34)25(35-3)7-4-8-25/h5-6,13-14H,4,7-12H2,1-3H3. The molecule has 0 unspecified atom stereocenters. The van der Waals surface area contributed by atoms with Crippen molar-refractivity contribution in [2.45, 2.75) is 37.9 Å². The van der Waals surface area contributed by atoms with E-state index in [1.165, 1.54) is 10.5 Å². The molecule has 1 amide bonds. The molecule has 3 heterocycles. The number of benzene rings is 1. The van der Waals surface area contributed by atoms with Gasteiger partial charge in [0.2, 0.25) is 5.91 Å². The summed E-state index contributed by atoms with van der Waals surface area (Å²) in [6, 6.07) is 4.38. The maximum absolute atomic E-state index is 14.9. The second kappa shape index (κ2) is 9.09. The highest BCUT2D eigenvalue weighted by atomic mass is 35.5. The molecule has 0 radical (unpaired) electrons. The lowest BCUT2D eigenvalue weighted by molar-refractivity contribution is -0.136. The molecule has 0 spiro atoms. The van der Waals surface area contributed by atoms with E-state index in [4.69, 9.17) is 16.6 Å². The number of carbonyl (C=O) groups excluding carboxylic acids is 1. The van der Waals surface area contributed by atoms with Crippen LogP contribution in [-0.2, 0) is 4.79 Å². The second-order valence-corrected chi connectivity index (χ2v) is 10.9. The summed E-state index contributed by atoms with van der Waals surface area (Å²) in [6.07, 6.45) is 6.65. The smallest absolute Gasteiger partial charge is 0.261 e. The average molecular weight is 516 g/mol. The largest absolute Gasteiger partial charge is 0.352 e. The molecule has 1 saturated heterocycles. The van der Waals surface area contributed by atoms with E-state index in [2.05, 4.69) is 4.98 Å². The first-order valence-corrected chi connectivity index (χ1v) is 13.3. The van der Waals surface area contributed by atoms with Crippen molar-refractivity contribution >= 4 is 40.7 Å². The molecular formula is C25H27ClFN5O2S. The molecule has 2 aromatic heterocycles. The Hall–Kier alpha value is -2.65. The van der Waals surface area contributed by atoms with Crippen molar-refractivity contribution in [3.8, 4) is 11.3 Å². The molecule has 0 bridgehead atoms. The number of anilines is 1. The van der Waals surface area contributed by atoms with Gasteiger partial charge in [0.25, 0.3) is 5.56 Å². The van der Waals surface area contributed by atoms with Crippen molar-refractivity contribution in [2.24, 2.45) is 0 Å². The van der Waals surface area contributed by atoms with Gasteiger partial charge in [-0.2, -0.15) is 0 Å². The van der Waals surface area contributed by atoms with E-state index in [0.717, 1.165) is 19.3 Å². The van der Waals surface area contributed by atoms with Crippen molar-refractivity contribution in [3.63, 3.8) is 0 Å². The predicted octanol–water partition coefficient (Wildman–Crippen LogP) is 4.10. The molecule has 7 nitrogen and oxygen atoms in total. The van der Waals surface area contributed by atoms with Gasteiger partial charge in [0.1, 0.15) is 17.3 Å². The SMILES string of the molecule is CSC1(C(=O)N2CCN(c3cn4c(=O)c(C)c(C)nc4c(-c4ccc(Cl)cc4F)n3)CC2)CCC1. The van der Waals surface area contributed by atoms with Gasteiger partial charge >= 0.3 is 0 Å². The minimum atomic E-state index is -0.533. The van der Waals surface area contributed by atoms with Crippen molar-refractivity contribution in [3.05, 3.63) is 56.8 Å². The van der Waals surface area contributed by atoms with Crippen LogP contribution in [0.25, 0.3) is 16.9 Å². The molecule has 2 fully saturated rings. The van der Waals surface area contributed by atoms with E-state index in [9.17, 15) is 14.0 Å². The van der Waals surface area contributed by atoms with E-state index in [1.54, 1.807) is 43.9 Å². The maximum Gasteiger partial charge on any atom is 0.261 e. The van der Waals surface area contributed by atoms with Gasteiger partial charge in [0.05, 0.1) is 10.9 Å². The molecular weight excluding hydrogens is 489 g/mol. The van der Waals surface area contributed by atoms with Crippen molar-refractivity contribution in [1.82, 2.24) is 19.3 Å². The highest BCUT2D eigenvalue weighted by Gasteiger charge is 2.46. The summed E-state index contributed by atoms with van der Waals surface area (Å²) in [7, 11) is 0. The Kier molecular flexibility index (Phi) is 6.25. The number of carbonyl (C=O) groups is 1. The maximum atomic E-state index is 14.9. The fourth-order valence-corrected chi connectivity index (χ4v) is 5.93. The fraction of sp³-hybridized carbons (Fsp3) is 0.440. The van der Waals surface area contributed by atoms with Crippen LogP contribution >= 0.6 is 23.4 Å². The number of rotatable bonds is 4. The molecule has 0 atom stereocenters. The van der Waals surface area contributed by atoms with Crippen LogP contribution in [0.2, 0.25) is 5.02 Å². The van der Waals surface area contributed by atoms with Gasteiger partial charge in [-0.05, 0) is 57.6 Å². The topological polar surface area (TPSA) is 70.8 Å². The van der Waals surface area contributed by atoms with Crippen LogP contribution in [0.4, 0.5) is 10.2 Å². The third-order valence-corrected chi connectivity index (χ3v) is 8.89. The number of aromatic nitrogens is 3. The van der Waals surface area contributed by atoms with Crippen LogP contribution in [0.1, 0.15) is 30.5 Å². The lowest BCUT2D eigenvalue weighted by Crippen LogP contribution is -2.57. The lowest BCUT2D eigenvalue weighted by atomic mass is 9.83. The van der Waals surface area contributed by atoms with E-state index < -0.39 is 5.82 Å². The van der Waals surface area contributed by atoms with Crippen LogP contribution in [0, 0.1) is 19.7 Å².